The molecule has 0 fully saturated rings. The van der Waals surface area contributed by atoms with Crippen LogP contribution in [-0.2, 0) is 11.4 Å². The Hall–Kier alpha value is -3.82. The van der Waals surface area contributed by atoms with Crippen LogP contribution in [0.25, 0.3) is 0 Å². The summed E-state index contributed by atoms with van der Waals surface area (Å²) in [4.78, 5) is 24.0. The molecular weight excluding hydrogens is 468 g/mol. The molecule has 174 valence electrons. The van der Waals surface area contributed by atoms with Crippen LogP contribution in [0, 0.1) is 0 Å². The molecule has 7 nitrogen and oxygen atoms in total. The van der Waals surface area contributed by atoms with Gasteiger partial charge in [0.05, 0.1) is 0 Å². The Morgan fingerprint density at radius 2 is 1.41 bits per heavy atom. The number of carbonyl (C=O) groups is 2. The molecule has 0 unspecified atom stereocenters. The van der Waals surface area contributed by atoms with Gasteiger partial charge in [0.15, 0.2) is 10.2 Å². The minimum Gasteiger partial charge on any atom is -0.489 e. The van der Waals surface area contributed by atoms with Crippen molar-refractivity contribution in [2.24, 2.45) is 0 Å². The maximum absolute atomic E-state index is 12.6. The van der Waals surface area contributed by atoms with Crippen molar-refractivity contribution in [3.05, 3.63) is 90.0 Å². The zero-order chi connectivity index (χ0) is 24.3. The molecule has 0 aromatic heterocycles. The van der Waals surface area contributed by atoms with Gasteiger partial charge >= 0.3 is 0 Å². The van der Waals surface area contributed by atoms with Gasteiger partial charge in [-0.05, 0) is 72.5 Å². The van der Waals surface area contributed by atoms with E-state index in [2.05, 4.69) is 21.3 Å². The number of hydrogen-bond acceptors (Lipinski definition) is 5. The second-order valence-electron chi connectivity index (χ2n) is 7.14. The molecule has 0 radical (unpaired) electrons. The van der Waals surface area contributed by atoms with E-state index in [0.717, 1.165) is 5.56 Å². The van der Waals surface area contributed by atoms with Crippen molar-refractivity contribution in [1.82, 2.24) is 10.6 Å². The number of carbonyl (C=O) groups excluding carboxylic acids is 2. The molecule has 0 saturated carbocycles. The first-order valence-corrected chi connectivity index (χ1v) is 11.3. The van der Waals surface area contributed by atoms with E-state index < -0.39 is 0 Å². The number of ether oxygens (including phenoxy) is 1. The zero-order valence-electron chi connectivity index (χ0n) is 18.5. The highest BCUT2D eigenvalue weighted by atomic mass is 32.1. The molecule has 4 N–H and O–H groups in total. The fraction of sp³-hybridized carbons (Fsp3) is 0.120. The number of hydrogen-bond donors (Lipinski definition) is 4. The van der Waals surface area contributed by atoms with E-state index >= 15 is 0 Å². The SMILES string of the molecule is CCC(=O)NC(=S)Nc1ccc(NC(=S)NC(=O)c2cccc(OCc3ccccc3)c2)cc1. The Labute approximate surface area is 208 Å². The average molecular weight is 493 g/mol. The molecule has 0 spiro atoms. The van der Waals surface area contributed by atoms with Crippen LogP contribution in [-0.4, -0.2) is 22.0 Å². The van der Waals surface area contributed by atoms with Crippen LogP contribution < -0.4 is 26.0 Å². The van der Waals surface area contributed by atoms with Gasteiger partial charge in [-0.2, -0.15) is 0 Å². The number of rotatable bonds is 7. The molecule has 0 atom stereocenters. The molecule has 3 aromatic carbocycles. The maximum atomic E-state index is 12.6. The number of nitrogens with one attached hydrogen (secondary N) is 4. The molecule has 3 aromatic rings. The molecule has 34 heavy (non-hydrogen) atoms. The number of thiocarbonyl (C=S) groups is 2. The first kappa shape index (κ1) is 24.8. The molecule has 0 bridgehead atoms. The molecule has 9 heteroatoms. The molecule has 2 amide bonds. The highest BCUT2D eigenvalue weighted by Crippen LogP contribution is 2.16. The maximum Gasteiger partial charge on any atom is 0.257 e. The van der Waals surface area contributed by atoms with Gasteiger partial charge < -0.3 is 20.7 Å². The quantitative estimate of drug-likeness (QED) is 0.358. The van der Waals surface area contributed by atoms with Crippen LogP contribution in [0.1, 0.15) is 29.3 Å². The molecule has 3 rings (SSSR count). The average Bonchev–Trinajstić information content (AvgIpc) is 2.84. The zero-order valence-corrected chi connectivity index (χ0v) is 20.1. The lowest BCUT2D eigenvalue weighted by atomic mass is 10.2. The standard InChI is InChI=1S/C25H24N4O3S2/c1-2-22(30)28-24(33)26-19-11-13-20(14-12-19)27-25(34)29-23(31)18-9-6-10-21(15-18)32-16-17-7-4-3-5-8-17/h3-15H,2,16H2,1H3,(H2,26,28,30,33)(H2,27,29,31,34). The predicted molar refractivity (Wildman–Crippen MR) is 142 cm³/mol. The smallest absolute Gasteiger partial charge is 0.257 e. The summed E-state index contributed by atoms with van der Waals surface area (Å²) in [6.45, 7) is 2.16. The van der Waals surface area contributed by atoms with E-state index in [9.17, 15) is 9.59 Å². The van der Waals surface area contributed by atoms with E-state index in [1.165, 1.54) is 0 Å². The minimum atomic E-state index is -0.349. The first-order valence-electron chi connectivity index (χ1n) is 10.5. The van der Waals surface area contributed by atoms with Crippen molar-refractivity contribution in [1.29, 1.82) is 0 Å². The number of benzene rings is 3. The minimum absolute atomic E-state index is 0.159. The van der Waals surface area contributed by atoms with Crippen molar-refractivity contribution < 1.29 is 14.3 Å². The van der Waals surface area contributed by atoms with Crippen molar-refractivity contribution in [2.45, 2.75) is 20.0 Å². The fourth-order valence-corrected chi connectivity index (χ4v) is 3.26. The van der Waals surface area contributed by atoms with Crippen LogP contribution in [0.2, 0.25) is 0 Å². The number of anilines is 2. The number of amides is 2. The first-order chi connectivity index (χ1) is 16.4. The van der Waals surface area contributed by atoms with Gasteiger partial charge in [-0.1, -0.05) is 43.3 Å². The summed E-state index contributed by atoms with van der Waals surface area (Å²) in [6.07, 6.45) is 0.346. The van der Waals surface area contributed by atoms with Crippen LogP contribution in [0.3, 0.4) is 0 Å². The summed E-state index contributed by atoms with van der Waals surface area (Å²) >= 11 is 10.4. The normalized spacial score (nSPS) is 10.0. The van der Waals surface area contributed by atoms with Crippen molar-refractivity contribution >= 4 is 57.8 Å². The largest absolute Gasteiger partial charge is 0.489 e. The van der Waals surface area contributed by atoms with Gasteiger partial charge in [0.2, 0.25) is 5.91 Å². The topological polar surface area (TPSA) is 91.5 Å². The second-order valence-corrected chi connectivity index (χ2v) is 7.96. The molecule has 0 saturated heterocycles. The molecule has 0 aliphatic rings. The summed E-state index contributed by atoms with van der Waals surface area (Å²) in [5.41, 5.74) is 2.85. The van der Waals surface area contributed by atoms with Crippen molar-refractivity contribution in [3.8, 4) is 5.75 Å². The highest BCUT2D eigenvalue weighted by molar-refractivity contribution is 7.80. The van der Waals surface area contributed by atoms with Gasteiger partial charge in [-0.15, -0.1) is 0 Å². The van der Waals surface area contributed by atoms with Gasteiger partial charge in [-0.3, -0.25) is 14.9 Å². The predicted octanol–water partition coefficient (Wildman–Crippen LogP) is 4.62. The van der Waals surface area contributed by atoms with Gasteiger partial charge in [-0.25, -0.2) is 0 Å². The lowest BCUT2D eigenvalue weighted by molar-refractivity contribution is -0.119. The summed E-state index contributed by atoms with van der Waals surface area (Å²) in [5, 5.41) is 11.5. The van der Waals surface area contributed by atoms with Crippen LogP contribution in [0.4, 0.5) is 11.4 Å². The summed E-state index contributed by atoms with van der Waals surface area (Å²) in [7, 11) is 0. The van der Waals surface area contributed by atoms with E-state index in [4.69, 9.17) is 29.2 Å². The monoisotopic (exact) mass is 492 g/mol. The lowest BCUT2D eigenvalue weighted by Crippen LogP contribution is -2.34. The highest BCUT2D eigenvalue weighted by Gasteiger charge is 2.10. The Morgan fingerprint density at radius 1 is 0.794 bits per heavy atom. The third-order valence-corrected chi connectivity index (χ3v) is 4.95. The van der Waals surface area contributed by atoms with Gasteiger partial charge in [0.1, 0.15) is 12.4 Å². The molecular formula is C25H24N4O3S2. The summed E-state index contributed by atoms with van der Waals surface area (Å²) in [6, 6.07) is 23.8. The van der Waals surface area contributed by atoms with E-state index in [0.29, 0.717) is 35.7 Å². The fourth-order valence-electron chi connectivity index (χ4n) is 2.82. The van der Waals surface area contributed by atoms with Gasteiger partial charge in [0, 0.05) is 23.4 Å². The van der Waals surface area contributed by atoms with Crippen LogP contribution >= 0.6 is 24.4 Å². The van der Waals surface area contributed by atoms with Gasteiger partial charge in [0.25, 0.3) is 5.91 Å². The molecule has 0 heterocycles. The lowest BCUT2D eigenvalue weighted by Gasteiger charge is -2.12. The third kappa shape index (κ3) is 7.95. The van der Waals surface area contributed by atoms with Crippen LogP contribution in [0.15, 0.2) is 78.9 Å². The summed E-state index contributed by atoms with van der Waals surface area (Å²) in [5.74, 6) is 0.0784. The summed E-state index contributed by atoms with van der Waals surface area (Å²) < 4.78 is 5.78. The van der Waals surface area contributed by atoms with E-state index in [1.807, 2.05) is 30.3 Å². The van der Waals surface area contributed by atoms with Crippen molar-refractivity contribution in [3.63, 3.8) is 0 Å². The van der Waals surface area contributed by atoms with Crippen LogP contribution in [0.5, 0.6) is 5.75 Å². The Balaban J connectivity index is 1.50. The van der Waals surface area contributed by atoms with E-state index in [1.54, 1.807) is 55.5 Å². The Morgan fingerprint density at radius 3 is 2.03 bits per heavy atom. The van der Waals surface area contributed by atoms with Crippen molar-refractivity contribution in [2.75, 3.05) is 10.6 Å². The Bertz CT molecular complexity index is 1170. The Kier molecular flexibility index (Phi) is 9.07. The van der Waals surface area contributed by atoms with E-state index in [-0.39, 0.29) is 22.0 Å². The second kappa shape index (κ2) is 12.4. The molecule has 0 aliphatic carbocycles. The third-order valence-electron chi connectivity index (χ3n) is 4.55. The molecule has 0 aliphatic heterocycles.